The second kappa shape index (κ2) is 9.32. The zero-order valence-electron chi connectivity index (χ0n) is 16.1. The van der Waals surface area contributed by atoms with E-state index in [0.29, 0.717) is 5.92 Å². The minimum Gasteiger partial charge on any atom is -0.455 e. The van der Waals surface area contributed by atoms with Crippen LogP contribution in [0.4, 0.5) is 0 Å². The van der Waals surface area contributed by atoms with Gasteiger partial charge in [-0.2, -0.15) is 4.72 Å². The van der Waals surface area contributed by atoms with Crippen LogP contribution >= 0.6 is 0 Å². The van der Waals surface area contributed by atoms with Crippen molar-refractivity contribution in [1.82, 2.24) is 10.0 Å². The summed E-state index contributed by atoms with van der Waals surface area (Å²) in [5, 5.41) is 2.88. The fourth-order valence-electron chi connectivity index (χ4n) is 3.09. The standard InChI is InChI=1S/C19H28N2O5S/c1-13-8-9-16(10-15(13)3)27(24,25)20-11-19(23)26-12-18(22)21-17-7-5-4-6-14(17)2/h8-10,14,17,20H,4-7,11-12H2,1-3H3,(H,21,22)/t14-,17+/m0/s1. The van der Waals surface area contributed by atoms with Gasteiger partial charge in [0.2, 0.25) is 10.0 Å². The van der Waals surface area contributed by atoms with E-state index in [4.69, 9.17) is 4.74 Å². The zero-order chi connectivity index (χ0) is 20.0. The summed E-state index contributed by atoms with van der Waals surface area (Å²) in [4.78, 5) is 23.8. The van der Waals surface area contributed by atoms with Crippen LogP contribution in [0.15, 0.2) is 23.1 Å². The molecule has 0 aromatic heterocycles. The van der Waals surface area contributed by atoms with Gasteiger partial charge in [-0.1, -0.05) is 25.8 Å². The van der Waals surface area contributed by atoms with Crippen LogP contribution in [-0.4, -0.2) is 39.5 Å². The number of ether oxygens (including phenoxy) is 1. The summed E-state index contributed by atoms with van der Waals surface area (Å²) >= 11 is 0. The quantitative estimate of drug-likeness (QED) is 0.685. The maximum Gasteiger partial charge on any atom is 0.321 e. The number of hydrogen-bond donors (Lipinski definition) is 2. The topological polar surface area (TPSA) is 102 Å². The Morgan fingerprint density at radius 1 is 1.15 bits per heavy atom. The van der Waals surface area contributed by atoms with Crippen LogP contribution in [0.5, 0.6) is 0 Å². The summed E-state index contributed by atoms with van der Waals surface area (Å²) in [6.45, 7) is 4.86. The lowest BCUT2D eigenvalue weighted by Gasteiger charge is -2.29. The van der Waals surface area contributed by atoms with Gasteiger partial charge in [0.05, 0.1) is 4.90 Å². The molecule has 1 aromatic carbocycles. The smallest absolute Gasteiger partial charge is 0.321 e. The molecule has 0 bridgehead atoms. The highest BCUT2D eigenvalue weighted by Gasteiger charge is 2.23. The van der Waals surface area contributed by atoms with Gasteiger partial charge in [0, 0.05) is 6.04 Å². The van der Waals surface area contributed by atoms with Crippen LogP contribution in [0.1, 0.15) is 43.7 Å². The third kappa shape index (κ3) is 6.32. The Labute approximate surface area is 160 Å². The van der Waals surface area contributed by atoms with E-state index < -0.39 is 29.1 Å². The van der Waals surface area contributed by atoms with E-state index in [1.54, 1.807) is 12.1 Å². The van der Waals surface area contributed by atoms with Gasteiger partial charge in [0.25, 0.3) is 5.91 Å². The van der Waals surface area contributed by atoms with Crippen LogP contribution in [0, 0.1) is 19.8 Å². The predicted molar refractivity (Wildman–Crippen MR) is 102 cm³/mol. The van der Waals surface area contributed by atoms with Gasteiger partial charge in [-0.3, -0.25) is 9.59 Å². The van der Waals surface area contributed by atoms with Crippen molar-refractivity contribution in [3.05, 3.63) is 29.3 Å². The Balaban J connectivity index is 1.78. The molecule has 0 radical (unpaired) electrons. The molecule has 1 amide bonds. The van der Waals surface area contributed by atoms with Crippen molar-refractivity contribution in [2.75, 3.05) is 13.2 Å². The molecule has 27 heavy (non-hydrogen) atoms. The van der Waals surface area contributed by atoms with E-state index in [0.717, 1.165) is 30.4 Å². The molecule has 2 rings (SSSR count). The fourth-order valence-corrected chi connectivity index (χ4v) is 4.15. The van der Waals surface area contributed by atoms with Crippen LogP contribution in [0.25, 0.3) is 0 Å². The van der Waals surface area contributed by atoms with Crippen LogP contribution in [0.2, 0.25) is 0 Å². The molecule has 1 saturated carbocycles. The molecule has 1 aliphatic rings. The first-order valence-corrected chi connectivity index (χ1v) is 10.7. The highest BCUT2D eigenvalue weighted by molar-refractivity contribution is 7.89. The third-order valence-corrected chi connectivity index (χ3v) is 6.42. The molecule has 0 unspecified atom stereocenters. The van der Waals surface area contributed by atoms with Crippen LogP contribution < -0.4 is 10.0 Å². The first kappa shape index (κ1) is 21.4. The molecule has 2 N–H and O–H groups in total. The second-order valence-corrected chi connectivity index (χ2v) is 8.93. The van der Waals surface area contributed by atoms with Gasteiger partial charge in [0.1, 0.15) is 6.54 Å². The average Bonchev–Trinajstić information content (AvgIpc) is 2.62. The van der Waals surface area contributed by atoms with Crippen molar-refractivity contribution in [2.24, 2.45) is 5.92 Å². The number of esters is 1. The molecule has 150 valence electrons. The summed E-state index contributed by atoms with van der Waals surface area (Å²) in [5.74, 6) is -0.753. The number of carbonyl (C=O) groups excluding carboxylic acids is 2. The molecule has 2 atom stereocenters. The van der Waals surface area contributed by atoms with Gasteiger partial charge in [-0.05, 0) is 55.9 Å². The Kier molecular flexibility index (Phi) is 7.38. The molecule has 0 heterocycles. The van der Waals surface area contributed by atoms with Gasteiger partial charge in [0.15, 0.2) is 6.61 Å². The molecule has 0 spiro atoms. The fraction of sp³-hybridized carbons (Fsp3) is 0.579. The van der Waals surface area contributed by atoms with Crippen molar-refractivity contribution in [2.45, 2.75) is 57.4 Å². The van der Waals surface area contributed by atoms with E-state index in [1.807, 2.05) is 13.8 Å². The van der Waals surface area contributed by atoms with Gasteiger partial charge in [-0.15, -0.1) is 0 Å². The van der Waals surface area contributed by atoms with E-state index in [2.05, 4.69) is 17.0 Å². The van der Waals surface area contributed by atoms with Crippen molar-refractivity contribution in [3.8, 4) is 0 Å². The molecular weight excluding hydrogens is 368 g/mol. The lowest BCUT2D eigenvalue weighted by atomic mass is 9.86. The Hall–Kier alpha value is -1.93. The number of hydrogen-bond acceptors (Lipinski definition) is 5. The molecule has 0 aliphatic heterocycles. The molecule has 1 aliphatic carbocycles. The normalized spacial score (nSPS) is 20.1. The number of sulfonamides is 1. The van der Waals surface area contributed by atoms with E-state index in [9.17, 15) is 18.0 Å². The summed E-state index contributed by atoms with van der Waals surface area (Å²) in [7, 11) is -3.81. The van der Waals surface area contributed by atoms with Crippen molar-refractivity contribution in [1.29, 1.82) is 0 Å². The Morgan fingerprint density at radius 2 is 1.85 bits per heavy atom. The van der Waals surface area contributed by atoms with Crippen LogP contribution in [-0.2, 0) is 24.3 Å². The van der Waals surface area contributed by atoms with Gasteiger partial charge < -0.3 is 10.1 Å². The lowest BCUT2D eigenvalue weighted by molar-refractivity contribution is -0.147. The first-order chi connectivity index (χ1) is 12.7. The highest BCUT2D eigenvalue weighted by Crippen LogP contribution is 2.23. The predicted octanol–water partition coefficient (Wildman–Crippen LogP) is 1.82. The third-order valence-electron chi connectivity index (χ3n) is 5.02. The largest absolute Gasteiger partial charge is 0.455 e. The highest BCUT2D eigenvalue weighted by atomic mass is 32.2. The van der Waals surface area contributed by atoms with Gasteiger partial charge in [-0.25, -0.2) is 8.42 Å². The maximum absolute atomic E-state index is 12.2. The first-order valence-electron chi connectivity index (χ1n) is 9.21. The summed E-state index contributed by atoms with van der Waals surface area (Å²) in [6.07, 6.45) is 4.25. The Bertz CT molecular complexity index is 791. The van der Waals surface area contributed by atoms with Crippen LogP contribution in [0.3, 0.4) is 0 Å². The SMILES string of the molecule is Cc1ccc(S(=O)(=O)NCC(=O)OCC(=O)N[C@@H]2CCCC[C@@H]2C)cc1C. The molecule has 1 fully saturated rings. The number of carbonyl (C=O) groups is 2. The summed E-state index contributed by atoms with van der Waals surface area (Å²) < 4.78 is 31.6. The van der Waals surface area contributed by atoms with E-state index in [-0.39, 0.29) is 16.8 Å². The summed E-state index contributed by atoms with van der Waals surface area (Å²) in [6, 6.07) is 4.84. The van der Waals surface area contributed by atoms with Crippen molar-refractivity contribution >= 4 is 21.9 Å². The minimum absolute atomic E-state index is 0.0856. The molecule has 0 saturated heterocycles. The van der Waals surface area contributed by atoms with Gasteiger partial charge >= 0.3 is 5.97 Å². The molecular formula is C19H28N2O5S. The van der Waals surface area contributed by atoms with E-state index >= 15 is 0 Å². The number of nitrogens with one attached hydrogen (secondary N) is 2. The second-order valence-electron chi connectivity index (χ2n) is 7.17. The number of rotatable bonds is 7. The monoisotopic (exact) mass is 396 g/mol. The van der Waals surface area contributed by atoms with Crippen molar-refractivity contribution in [3.63, 3.8) is 0 Å². The minimum atomic E-state index is -3.81. The lowest BCUT2D eigenvalue weighted by Crippen LogP contribution is -2.43. The summed E-state index contributed by atoms with van der Waals surface area (Å²) in [5.41, 5.74) is 1.82. The van der Waals surface area contributed by atoms with E-state index in [1.165, 1.54) is 12.5 Å². The molecule has 1 aromatic rings. The zero-order valence-corrected chi connectivity index (χ0v) is 16.9. The molecule has 7 nitrogen and oxygen atoms in total. The number of aryl methyl sites for hydroxylation is 2. The maximum atomic E-state index is 12.2. The Morgan fingerprint density at radius 3 is 2.52 bits per heavy atom. The number of amides is 1. The molecule has 8 heteroatoms. The van der Waals surface area contributed by atoms with Crippen molar-refractivity contribution < 1.29 is 22.7 Å². The number of benzene rings is 1. The average molecular weight is 397 g/mol.